The highest BCUT2D eigenvalue weighted by Crippen LogP contribution is 2.40. The van der Waals surface area contributed by atoms with Crippen molar-refractivity contribution in [3.05, 3.63) is 0 Å². The first-order valence-electron chi connectivity index (χ1n) is 6.63. The summed E-state index contributed by atoms with van der Waals surface area (Å²) >= 11 is 0. The van der Waals surface area contributed by atoms with E-state index in [1.165, 1.54) is 6.42 Å². The summed E-state index contributed by atoms with van der Waals surface area (Å²) in [7, 11) is 0. The zero-order chi connectivity index (χ0) is 12.4. The van der Waals surface area contributed by atoms with E-state index in [1.54, 1.807) is 0 Å². The summed E-state index contributed by atoms with van der Waals surface area (Å²) in [6, 6.07) is 0. The number of hydrogen-bond donors (Lipinski definition) is 1. The van der Waals surface area contributed by atoms with Crippen molar-refractivity contribution in [3.8, 4) is 0 Å². The molecule has 96 valence electrons. The van der Waals surface area contributed by atoms with Crippen molar-refractivity contribution in [2.24, 2.45) is 17.3 Å². The smallest absolute Gasteiger partial charge is 0.0667 e. The van der Waals surface area contributed by atoms with Gasteiger partial charge in [-0.1, -0.05) is 34.1 Å². The summed E-state index contributed by atoms with van der Waals surface area (Å²) in [6.07, 6.45) is 3.07. The fourth-order valence-corrected chi connectivity index (χ4v) is 2.39. The van der Waals surface area contributed by atoms with Crippen LogP contribution in [0.2, 0.25) is 0 Å². The van der Waals surface area contributed by atoms with Crippen LogP contribution in [0.1, 0.15) is 53.9 Å². The van der Waals surface area contributed by atoms with Gasteiger partial charge in [-0.25, -0.2) is 0 Å². The maximum absolute atomic E-state index is 10.3. The lowest BCUT2D eigenvalue weighted by molar-refractivity contribution is -0.107. The lowest BCUT2D eigenvalue weighted by Gasteiger charge is -2.43. The molecule has 0 aliphatic carbocycles. The van der Waals surface area contributed by atoms with Gasteiger partial charge < -0.3 is 9.84 Å². The Labute approximate surface area is 100 Å². The average molecular weight is 228 g/mol. The fourth-order valence-electron chi connectivity index (χ4n) is 2.39. The highest BCUT2D eigenvalue weighted by atomic mass is 16.5. The van der Waals surface area contributed by atoms with Crippen molar-refractivity contribution < 1.29 is 9.84 Å². The van der Waals surface area contributed by atoms with Crippen LogP contribution >= 0.6 is 0 Å². The molecule has 0 amide bonds. The molecule has 1 aliphatic heterocycles. The van der Waals surface area contributed by atoms with E-state index in [4.69, 9.17) is 4.74 Å². The summed E-state index contributed by atoms with van der Waals surface area (Å²) in [6.45, 7) is 12.4. The normalized spacial score (nSPS) is 31.1. The third-order valence-electron chi connectivity index (χ3n) is 4.82. The molecule has 0 aromatic rings. The second-order valence-corrected chi connectivity index (χ2v) is 6.22. The third kappa shape index (κ3) is 2.98. The van der Waals surface area contributed by atoms with Crippen molar-refractivity contribution in [2.45, 2.75) is 59.5 Å². The van der Waals surface area contributed by atoms with Crippen LogP contribution < -0.4 is 0 Å². The van der Waals surface area contributed by atoms with E-state index in [0.717, 1.165) is 26.1 Å². The zero-order valence-electron chi connectivity index (χ0n) is 11.5. The molecule has 0 spiro atoms. The highest BCUT2D eigenvalue weighted by molar-refractivity contribution is 4.89. The van der Waals surface area contributed by atoms with Crippen LogP contribution in [0.3, 0.4) is 0 Å². The molecule has 1 aliphatic rings. The van der Waals surface area contributed by atoms with Gasteiger partial charge in [0.05, 0.1) is 12.2 Å². The van der Waals surface area contributed by atoms with Gasteiger partial charge in [-0.2, -0.15) is 0 Å². The van der Waals surface area contributed by atoms with Gasteiger partial charge in [0.15, 0.2) is 0 Å². The first-order valence-corrected chi connectivity index (χ1v) is 6.63. The monoisotopic (exact) mass is 228 g/mol. The van der Waals surface area contributed by atoms with Gasteiger partial charge in [-0.05, 0) is 31.1 Å². The van der Waals surface area contributed by atoms with Gasteiger partial charge in [0.25, 0.3) is 0 Å². The maximum atomic E-state index is 10.3. The van der Waals surface area contributed by atoms with E-state index >= 15 is 0 Å². The van der Waals surface area contributed by atoms with E-state index in [1.807, 2.05) is 6.92 Å². The number of aliphatic hydroxyl groups is 1. The summed E-state index contributed by atoms with van der Waals surface area (Å²) < 4.78 is 5.71. The minimum absolute atomic E-state index is 0.294. The maximum Gasteiger partial charge on any atom is 0.0667 e. The minimum Gasteiger partial charge on any atom is -0.390 e. The first kappa shape index (κ1) is 14.0. The van der Waals surface area contributed by atoms with E-state index in [9.17, 15) is 5.11 Å². The summed E-state index contributed by atoms with van der Waals surface area (Å²) in [4.78, 5) is 0. The van der Waals surface area contributed by atoms with Crippen molar-refractivity contribution >= 4 is 0 Å². The lowest BCUT2D eigenvalue weighted by Crippen LogP contribution is -2.44. The van der Waals surface area contributed by atoms with Crippen LogP contribution in [0.15, 0.2) is 0 Å². The van der Waals surface area contributed by atoms with E-state index in [0.29, 0.717) is 17.3 Å². The van der Waals surface area contributed by atoms with Crippen LogP contribution in [0.5, 0.6) is 0 Å². The number of ether oxygens (including phenoxy) is 1. The Morgan fingerprint density at radius 1 is 1.06 bits per heavy atom. The molecular weight excluding hydrogens is 200 g/mol. The Morgan fingerprint density at radius 3 is 2.12 bits per heavy atom. The molecular formula is C14H28O2. The lowest BCUT2D eigenvalue weighted by atomic mass is 9.69. The van der Waals surface area contributed by atoms with Crippen LogP contribution in [0.4, 0.5) is 0 Å². The Bertz CT molecular complexity index is 199. The Morgan fingerprint density at radius 2 is 1.62 bits per heavy atom. The third-order valence-corrected chi connectivity index (χ3v) is 4.82. The first-order chi connectivity index (χ1) is 7.33. The predicted octanol–water partition coefficient (Wildman–Crippen LogP) is 3.24. The molecule has 0 bridgehead atoms. The fraction of sp³-hybridized carbons (Fsp3) is 1.00. The second-order valence-electron chi connectivity index (χ2n) is 6.22. The molecule has 1 heterocycles. The molecule has 1 N–H and O–H groups in total. The van der Waals surface area contributed by atoms with Crippen LogP contribution in [-0.2, 0) is 4.74 Å². The van der Waals surface area contributed by atoms with Gasteiger partial charge >= 0.3 is 0 Å². The molecule has 2 heteroatoms. The van der Waals surface area contributed by atoms with Gasteiger partial charge in [-0.3, -0.25) is 0 Å². The largest absolute Gasteiger partial charge is 0.390 e. The summed E-state index contributed by atoms with van der Waals surface area (Å²) in [5.41, 5.74) is -0.245. The summed E-state index contributed by atoms with van der Waals surface area (Å²) in [5.74, 6) is 0.872. The number of hydrogen-bond acceptors (Lipinski definition) is 2. The Balaban J connectivity index is 2.67. The SMILES string of the molecule is CCC(C)(C)C1COCC(C(C)(O)CC)C1. The van der Waals surface area contributed by atoms with E-state index < -0.39 is 5.60 Å². The molecule has 3 unspecified atom stereocenters. The molecule has 2 nitrogen and oxygen atoms in total. The van der Waals surface area contributed by atoms with Crippen molar-refractivity contribution in [1.29, 1.82) is 0 Å². The van der Waals surface area contributed by atoms with Crippen LogP contribution in [-0.4, -0.2) is 23.9 Å². The Hall–Kier alpha value is -0.0800. The molecule has 1 rings (SSSR count). The van der Waals surface area contributed by atoms with Crippen molar-refractivity contribution in [3.63, 3.8) is 0 Å². The van der Waals surface area contributed by atoms with E-state index in [2.05, 4.69) is 27.7 Å². The van der Waals surface area contributed by atoms with Gasteiger partial charge in [0, 0.05) is 12.5 Å². The zero-order valence-corrected chi connectivity index (χ0v) is 11.5. The topological polar surface area (TPSA) is 29.5 Å². The van der Waals surface area contributed by atoms with Crippen LogP contribution in [0.25, 0.3) is 0 Å². The van der Waals surface area contributed by atoms with Gasteiger partial charge in [0.1, 0.15) is 0 Å². The Kier molecular flexibility index (Phi) is 4.42. The van der Waals surface area contributed by atoms with Crippen molar-refractivity contribution in [1.82, 2.24) is 0 Å². The molecule has 16 heavy (non-hydrogen) atoms. The quantitative estimate of drug-likeness (QED) is 0.800. The predicted molar refractivity (Wildman–Crippen MR) is 67.4 cm³/mol. The standard InChI is InChI=1S/C14H28O2/c1-6-13(3,4)11-8-12(10-16-9-11)14(5,15)7-2/h11-12,15H,6-10H2,1-5H3. The molecule has 0 radical (unpaired) electrons. The molecule has 1 saturated heterocycles. The molecule has 0 saturated carbocycles. The van der Waals surface area contributed by atoms with E-state index in [-0.39, 0.29) is 0 Å². The summed E-state index contributed by atoms with van der Waals surface area (Å²) in [5, 5.41) is 10.3. The molecule has 3 atom stereocenters. The minimum atomic E-state index is -0.567. The molecule has 0 aromatic carbocycles. The van der Waals surface area contributed by atoms with Crippen LogP contribution in [0, 0.1) is 17.3 Å². The number of rotatable bonds is 4. The average Bonchev–Trinajstić information content (AvgIpc) is 2.29. The second kappa shape index (κ2) is 5.05. The molecule has 1 fully saturated rings. The van der Waals surface area contributed by atoms with Gasteiger partial charge in [-0.15, -0.1) is 0 Å². The van der Waals surface area contributed by atoms with Gasteiger partial charge in [0.2, 0.25) is 0 Å². The molecule has 0 aromatic heterocycles. The highest BCUT2D eigenvalue weighted by Gasteiger charge is 2.39. The van der Waals surface area contributed by atoms with Crippen molar-refractivity contribution in [2.75, 3.05) is 13.2 Å².